The van der Waals surface area contributed by atoms with Crippen LogP contribution in [0.2, 0.25) is 0 Å². The fraction of sp³-hybridized carbons (Fsp3) is 0.556. The number of carbonyl (C=O) groups excluding carboxylic acids is 2. The molecule has 0 radical (unpaired) electrons. The van der Waals surface area contributed by atoms with Crippen molar-refractivity contribution < 1.29 is 14.3 Å². The minimum atomic E-state index is -0.500. The minimum Gasteiger partial charge on any atom is -0.458 e. The highest BCUT2D eigenvalue weighted by atomic mass is 35.5. The number of ether oxygens (including phenoxy) is 1. The van der Waals surface area contributed by atoms with E-state index in [-0.39, 0.29) is 11.8 Å². The van der Waals surface area contributed by atoms with E-state index in [0.29, 0.717) is 6.54 Å². The molecule has 80 valence electrons. The topological polar surface area (TPSA) is 55.4 Å². The molecular weight excluding hydrogens is 206 g/mol. The van der Waals surface area contributed by atoms with Crippen LogP contribution in [0.25, 0.3) is 0 Å². The Morgan fingerprint density at radius 1 is 1.57 bits per heavy atom. The first kappa shape index (κ1) is 13.0. The van der Waals surface area contributed by atoms with Crippen molar-refractivity contribution in [1.82, 2.24) is 5.32 Å². The Bertz CT molecular complexity index is 228. The number of hydrogen-bond acceptors (Lipinski definition) is 3. The zero-order valence-corrected chi connectivity index (χ0v) is 9.00. The number of amides is 1. The molecule has 1 atom stereocenters. The highest BCUT2D eigenvalue weighted by Gasteiger charge is 2.04. The van der Waals surface area contributed by atoms with Crippen LogP contribution in [0.5, 0.6) is 0 Å². The van der Waals surface area contributed by atoms with Gasteiger partial charge in [0.15, 0.2) is 0 Å². The number of rotatable bonds is 5. The molecular formula is C9H14ClNO3. The van der Waals surface area contributed by atoms with Gasteiger partial charge in [-0.05, 0) is 19.9 Å². The summed E-state index contributed by atoms with van der Waals surface area (Å²) in [5, 5.41) is 2.58. The van der Waals surface area contributed by atoms with Gasteiger partial charge in [0, 0.05) is 12.6 Å². The predicted molar refractivity (Wildman–Crippen MR) is 54.1 cm³/mol. The Balaban J connectivity index is 3.86. The first-order valence-corrected chi connectivity index (χ1v) is 4.85. The molecule has 0 heterocycles. The molecule has 0 aliphatic carbocycles. The lowest BCUT2D eigenvalue weighted by Crippen LogP contribution is -2.21. The summed E-state index contributed by atoms with van der Waals surface area (Å²) >= 11 is 5.23. The maximum absolute atomic E-state index is 10.9. The Kier molecular flexibility index (Phi) is 6.84. The van der Waals surface area contributed by atoms with E-state index in [2.05, 4.69) is 5.32 Å². The van der Waals surface area contributed by atoms with E-state index in [0.717, 1.165) is 0 Å². The second kappa shape index (κ2) is 7.38. The highest BCUT2D eigenvalue weighted by Crippen LogP contribution is 1.95. The molecule has 5 heteroatoms. The summed E-state index contributed by atoms with van der Waals surface area (Å²) in [5.74, 6) is -0.889. The van der Waals surface area contributed by atoms with Gasteiger partial charge >= 0.3 is 5.97 Å². The smallest absolute Gasteiger partial charge is 0.321 e. The van der Waals surface area contributed by atoms with Crippen LogP contribution in [-0.4, -0.2) is 30.4 Å². The Hall–Kier alpha value is -1.03. The van der Waals surface area contributed by atoms with Gasteiger partial charge in [0.05, 0.1) is 0 Å². The molecule has 0 aromatic rings. The molecule has 0 aliphatic heterocycles. The second-order valence-electron chi connectivity index (χ2n) is 2.58. The largest absolute Gasteiger partial charge is 0.458 e. The van der Waals surface area contributed by atoms with Crippen LogP contribution in [0, 0.1) is 0 Å². The third-order valence-electron chi connectivity index (χ3n) is 1.30. The highest BCUT2D eigenvalue weighted by molar-refractivity contribution is 6.26. The van der Waals surface area contributed by atoms with Gasteiger partial charge in [-0.25, -0.2) is 0 Å². The average Bonchev–Trinajstić information content (AvgIpc) is 2.15. The van der Waals surface area contributed by atoms with Crippen molar-refractivity contribution in [3.05, 3.63) is 12.2 Å². The molecule has 0 spiro atoms. The van der Waals surface area contributed by atoms with Crippen molar-refractivity contribution in [2.75, 3.05) is 12.4 Å². The lowest BCUT2D eigenvalue weighted by molar-refractivity contribution is -0.143. The van der Waals surface area contributed by atoms with E-state index >= 15 is 0 Å². The summed E-state index contributed by atoms with van der Waals surface area (Å²) in [5.41, 5.74) is 0. The van der Waals surface area contributed by atoms with Crippen molar-refractivity contribution in [2.24, 2.45) is 0 Å². The normalized spacial score (nSPS) is 12.5. The Labute approximate surface area is 88.3 Å². The van der Waals surface area contributed by atoms with Crippen LogP contribution < -0.4 is 5.32 Å². The lowest BCUT2D eigenvalue weighted by Gasteiger charge is -2.06. The quantitative estimate of drug-likeness (QED) is 0.424. The summed E-state index contributed by atoms with van der Waals surface area (Å²) in [6, 6.07) is 0. The molecule has 0 aromatic heterocycles. The van der Waals surface area contributed by atoms with Crippen LogP contribution in [-0.2, 0) is 14.3 Å². The van der Waals surface area contributed by atoms with Crippen LogP contribution >= 0.6 is 11.6 Å². The summed E-state index contributed by atoms with van der Waals surface area (Å²) < 4.78 is 4.79. The summed E-state index contributed by atoms with van der Waals surface area (Å²) in [7, 11) is 0. The van der Waals surface area contributed by atoms with E-state index in [4.69, 9.17) is 16.3 Å². The van der Waals surface area contributed by atoms with E-state index in [1.807, 2.05) is 6.92 Å². The molecule has 4 nitrogen and oxygen atoms in total. The van der Waals surface area contributed by atoms with Crippen molar-refractivity contribution >= 4 is 23.5 Å². The number of likely N-dealkylation sites (N-methyl/N-ethyl adjacent to an activating group) is 1. The molecule has 0 saturated heterocycles. The zero-order chi connectivity index (χ0) is 11.0. The number of hydrogen-bond donors (Lipinski definition) is 1. The van der Waals surface area contributed by atoms with Crippen LogP contribution in [0.4, 0.5) is 0 Å². The number of halogens is 1. The van der Waals surface area contributed by atoms with Gasteiger partial charge in [0.2, 0.25) is 5.91 Å². The Morgan fingerprint density at radius 3 is 2.71 bits per heavy atom. The average molecular weight is 220 g/mol. The molecule has 1 N–H and O–H groups in total. The molecule has 0 bridgehead atoms. The van der Waals surface area contributed by atoms with Gasteiger partial charge in [-0.3, -0.25) is 9.59 Å². The standard InChI is InChI=1S/C9H14ClNO3/c1-3-11-8(12)5-4-7(2)14-9(13)6-10/h4-5,7H,3,6H2,1-2H3,(H,11,12). The fourth-order valence-corrected chi connectivity index (χ4v) is 0.797. The molecule has 0 rings (SSSR count). The van der Waals surface area contributed by atoms with Crippen LogP contribution in [0.1, 0.15) is 13.8 Å². The van der Waals surface area contributed by atoms with Crippen molar-refractivity contribution in [3.8, 4) is 0 Å². The minimum absolute atomic E-state index is 0.181. The van der Waals surface area contributed by atoms with Crippen LogP contribution in [0.15, 0.2) is 12.2 Å². The molecule has 14 heavy (non-hydrogen) atoms. The first-order chi connectivity index (χ1) is 6.60. The number of carbonyl (C=O) groups is 2. The van der Waals surface area contributed by atoms with E-state index in [9.17, 15) is 9.59 Å². The van der Waals surface area contributed by atoms with Gasteiger partial charge in [-0.2, -0.15) is 0 Å². The number of alkyl halides is 1. The number of nitrogens with one attached hydrogen (secondary N) is 1. The van der Waals surface area contributed by atoms with Gasteiger partial charge in [-0.1, -0.05) is 0 Å². The second-order valence-corrected chi connectivity index (χ2v) is 2.85. The fourth-order valence-electron chi connectivity index (χ4n) is 0.734. The van der Waals surface area contributed by atoms with E-state index < -0.39 is 12.1 Å². The summed E-state index contributed by atoms with van der Waals surface area (Å²) in [4.78, 5) is 21.6. The molecule has 0 aromatic carbocycles. The summed E-state index contributed by atoms with van der Waals surface area (Å²) in [6.45, 7) is 4.04. The molecule has 0 fully saturated rings. The van der Waals surface area contributed by atoms with Gasteiger partial charge in [0.25, 0.3) is 0 Å². The molecule has 1 amide bonds. The SMILES string of the molecule is CCNC(=O)C=CC(C)OC(=O)CCl. The van der Waals surface area contributed by atoms with E-state index in [1.165, 1.54) is 12.2 Å². The number of esters is 1. The molecule has 0 aliphatic rings. The maximum atomic E-state index is 10.9. The van der Waals surface area contributed by atoms with Gasteiger partial charge in [-0.15, -0.1) is 11.6 Å². The third kappa shape index (κ3) is 6.48. The molecule has 1 unspecified atom stereocenters. The summed E-state index contributed by atoms with van der Waals surface area (Å²) in [6.07, 6.45) is 2.38. The van der Waals surface area contributed by atoms with Crippen LogP contribution in [0.3, 0.4) is 0 Å². The van der Waals surface area contributed by atoms with Crippen molar-refractivity contribution in [1.29, 1.82) is 0 Å². The Morgan fingerprint density at radius 2 is 2.21 bits per heavy atom. The molecule has 0 saturated carbocycles. The van der Waals surface area contributed by atoms with Gasteiger partial charge in [0.1, 0.15) is 12.0 Å². The van der Waals surface area contributed by atoms with Crippen molar-refractivity contribution in [2.45, 2.75) is 20.0 Å². The predicted octanol–water partition coefficient (Wildman–Crippen LogP) is 0.849. The van der Waals surface area contributed by atoms with E-state index in [1.54, 1.807) is 6.92 Å². The first-order valence-electron chi connectivity index (χ1n) is 4.31. The lowest BCUT2D eigenvalue weighted by atomic mass is 10.3. The maximum Gasteiger partial charge on any atom is 0.321 e. The van der Waals surface area contributed by atoms with Crippen molar-refractivity contribution in [3.63, 3.8) is 0 Å². The zero-order valence-electron chi connectivity index (χ0n) is 8.25. The monoisotopic (exact) mass is 219 g/mol. The van der Waals surface area contributed by atoms with Gasteiger partial charge < -0.3 is 10.1 Å². The third-order valence-corrected chi connectivity index (χ3v) is 1.51.